The fourth-order valence-electron chi connectivity index (χ4n) is 2.49. The van der Waals surface area contributed by atoms with E-state index in [4.69, 9.17) is 10.7 Å². The van der Waals surface area contributed by atoms with Crippen molar-refractivity contribution in [3.8, 4) is 0 Å². The number of nitrogens with two attached hydrogens (primary N) is 1. The third kappa shape index (κ3) is 1.95. The van der Waals surface area contributed by atoms with Gasteiger partial charge in [0.15, 0.2) is 0 Å². The third-order valence-corrected chi connectivity index (χ3v) is 4.68. The molecule has 1 aliphatic rings. The zero-order valence-corrected chi connectivity index (χ0v) is 10.7. The van der Waals surface area contributed by atoms with Crippen molar-refractivity contribution in [2.75, 3.05) is 0 Å². The van der Waals surface area contributed by atoms with E-state index in [-0.39, 0.29) is 5.54 Å². The Morgan fingerprint density at radius 1 is 1.60 bits per heavy atom. The minimum absolute atomic E-state index is 0.123. The summed E-state index contributed by atoms with van der Waals surface area (Å²) in [6, 6.07) is 0. The van der Waals surface area contributed by atoms with E-state index >= 15 is 0 Å². The van der Waals surface area contributed by atoms with Crippen molar-refractivity contribution < 1.29 is 0 Å². The molecule has 0 spiro atoms. The van der Waals surface area contributed by atoms with Crippen LogP contribution in [0, 0.1) is 12.8 Å². The summed E-state index contributed by atoms with van der Waals surface area (Å²) < 4.78 is 0. The van der Waals surface area contributed by atoms with Crippen molar-refractivity contribution in [3.63, 3.8) is 0 Å². The lowest BCUT2D eigenvalue weighted by Gasteiger charge is -2.20. The molecule has 0 bridgehead atoms. The first-order chi connectivity index (χ1) is 7.05. The van der Waals surface area contributed by atoms with E-state index in [0.29, 0.717) is 0 Å². The van der Waals surface area contributed by atoms with Crippen LogP contribution in [0.5, 0.6) is 0 Å². The van der Waals surface area contributed by atoms with E-state index in [0.717, 1.165) is 25.2 Å². The van der Waals surface area contributed by atoms with Crippen molar-refractivity contribution >= 4 is 11.3 Å². The van der Waals surface area contributed by atoms with Gasteiger partial charge in [-0.3, -0.25) is 0 Å². The first-order valence-corrected chi connectivity index (χ1v) is 6.62. The van der Waals surface area contributed by atoms with Gasteiger partial charge in [0.1, 0.15) is 5.01 Å². The highest BCUT2D eigenvalue weighted by Gasteiger charge is 2.37. The molecule has 15 heavy (non-hydrogen) atoms. The van der Waals surface area contributed by atoms with Crippen LogP contribution in [0.4, 0.5) is 0 Å². The maximum absolute atomic E-state index is 6.46. The second kappa shape index (κ2) is 3.87. The summed E-state index contributed by atoms with van der Waals surface area (Å²) in [6.07, 6.45) is 4.47. The zero-order valence-electron chi connectivity index (χ0n) is 9.84. The molecule has 1 aromatic rings. The van der Waals surface area contributed by atoms with Crippen molar-refractivity contribution in [1.29, 1.82) is 0 Å². The lowest BCUT2D eigenvalue weighted by atomic mass is 9.99. The van der Waals surface area contributed by atoms with Gasteiger partial charge in [0.25, 0.3) is 0 Å². The summed E-state index contributed by atoms with van der Waals surface area (Å²) in [7, 11) is 0. The SMILES string of the molecule is CCc1nc(C2(N)CCC(C)C2)sc1C. The number of nitrogens with zero attached hydrogens (tertiary/aromatic N) is 1. The van der Waals surface area contributed by atoms with Crippen molar-refractivity contribution in [3.05, 3.63) is 15.6 Å². The number of aromatic nitrogens is 1. The Labute approximate surface area is 95.9 Å². The Bertz CT molecular complexity index is 359. The summed E-state index contributed by atoms with van der Waals surface area (Å²) in [5, 5.41) is 1.17. The minimum atomic E-state index is -0.123. The molecule has 1 aromatic heterocycles. The van der Waals surface area contributed by atoms with E-state index in [1.807, 2.05) is 0 Å². The van der Waals surface area contributed by atoms with Crippen LogP contribution >= 0.6 is 11.3 Å². The number of rotatable bonds is 2. The Kier molecular flexibility index (Phi) is 2.86. The molecule has 0 saturated heterocycles. The molecule has 2 unspecified atom stereocenters. The van der Waals surface area contributed by atoms with E-state index in [1.54, 1.807) is 11.3 Å². The van der Waals surface area contributed by atoms with E-state index in [2.05, 4.69) is 20.8 Å². The highest BCUT2D eigenvalue weighted by Crippen LogP contribution is 2.41. The molecule has 0 amide bonds. The first-order valence-electron chi connectivity index (χ1n) is 5.81. The van der Waals surface area contributed by atoms with Crippen molar-refractivity contribution in [2.45, 2.75) is 52.0 Å². The molecular formula is C12H20N2S. The Morgan fingerprint density at radius 2 is 2.33 bits per heavy atom. The fraction of sp³-hybridized carbons (Fsp3) is 0.750. The molecule has 1 saturated carbocycles. The van der Waals surface area contributed by atoms with Gasteiger partial charge in [0.05, 0.1) is 11.2 Å². The van der Waals surface area contributed by atoms with Crippen LogP contribution in [0.2, 0.25) is 0 Å². The van der Waals surface area contributed by atoms with Crippen molar-refractivity contribution in [2.24, 2.45) is 11.7 Å². The van der Waals surface area contributed by atoms with Gasteiger partial charge in [-0.1, -0.05) is 13.8 Å². The van der Waals surface area contributed by atoms with Crippen LogP contribution in [0.25, 0.3) is 0 Å². The average molecular weight is 224 g/mol. The number of hydrogen-bond donors (Lipinski definition) is 1. The minimum Gasteiger partial charge on any atom is -0.319 e. The molecule has 1 aliphatic carbocycles. The smallest absolute Gasteiger partial charge is 0.113 e. The molecule has 2 atom stereocenters. The highest BCUT2D eigenvalue weighted by molar-refractivity contribution is 7.11. The number of aryl methyl sites for hydroxylation is 2. The van der Waals surface area contributed by atoms with Gasteiger partial charge in [0.2, 0.25) is 0 Å². The van der Waals surface area contributed by atoms with Crippen molar-refractivity contribution in [1.82, 2.24) is 4.98 Å². The van der Waals surface area contributed by atoms with Gasteiger partial charge in [-0.2, -0.15) is 0 Å². The van der Waals surface area contributed by atoms with Gasteiger partial charge >= 0.3 is 0 Å². The molecule has 2 nitrogen and oxygen atoms in total. The lowest BCUT2D eigenvalue weighted by Crippen LogP contribution is -2.33. The lowest BCUT2D eigenvalue weighted by molar-refractivity contribution is 0.437. The van der Waals surface area contributed by atoms with Crippen LogP contribution < -0.4 is 5.73 Å². The van der Waals surface area contributed by atoms with Crippen LogP contribution in [0.3, 0.4) is 0 Å². The van der Waals surface area contributed by atoms with Gasteiger partial charge in [-0.15, -0.1) is 11.3 Å². The van der Waals surface area contributed by atoms with Gasteiger partial charge in [-0.25, -0.2) is 4.98 Å². The summed E-state index contributed by atoms with van der Waals surface area (Å²) in [4.78, 5) is 6.05. The van der Waals surface area contributed by atoms with Gasteiger partial charge in [0, 0.05) is 4.88 Å². The summed E-state index contributed by atoms with van der Waals surface area (Å²) >= 11 is 1.80. The highest BCUT2D eigenvalue weighted by atomic mass is 32.1. The van der Waals surface area contributed by atoms with Crippen LogP contribution in [-0.2, 0) is 12.0 Å². The fourth-order valence-corrected chi connectivity index (χ4v) is 3.64. The zero-order chi connectivity index (χ0) is 11.1. The molecule has 84 valence electrons. The second-order valence-corrected chi connectivity index (χ2v) is 6.08. The molecule has 0 radical (unpaired) electrons. The van der Waals surface area contributed by atoms with Crippen LogP contribution in [0.1, 0.15) is 48.7 Å². The maximum Gasteiger partial charge on any atom is 0.113 e. The predicted molar refractivity (Wildman–Crippen MR) is 65.1 cm³/mol. The third-order valence-electron chi connectivity index (χ3n) is 3.45. The van der Waals surface area contributed by atoms with Gasteiger partial charge < -0.3 is 5.73 Å². The Morgan fingerprint density at radius 3 is 2.80 bits per heavy atom. The van der Waals surface area contributed by atoms with E-state index in [9.17, 15) is 0 Å². The molecular weight excluding hydrogens is 204 g/mol. The largest absolute Gasteiger partial charge is 0.319 e. The van der Waals surface area contributed by atoms with Crippen LogP contribution in [-0.4, -0.2) is 4.98 Å². The number of hydrogen-bond acceptors (Lipinski definition) is 3. The first kappa shape index (κ1) is 11.1. The molecule has 2 N–H and O–H groups in total. The predicted octanol–water partition coefficient (Wildman–Crippen LogP) is 2.99. The van der Waals surface area contributed by atoms with Gasteiger partial charge in [-0.05, 0) is 38.5 Å². The summed E-state index contributed by atoms with van der Waals surface area (Å²) in [6.45, 7) is 6.60. The van der Waals surface area contributed by atoms with E-state index < -0.39 is 0 Å². The average Bonchev–Trinajstić information content (AvgIpc) is 2.71. The van der Waals surface area contributed by atoms with Crippen LogP contribution in [0.15, 0.2) is 0 Å². The Balaban J connectivity index is 2.29. The molecule has 0 aliphatic heterocycles. The quantitative estimate of drug-likeness (QED) is 0.838. The molecule has 1 fully saturated rings. The summed E-state index contributed by atoms with van der Waals surface area (Å²) in [5.41, 5.74) is 7.57. The van der Waals surface area contributed by atoms with E-state index in [1.165, 1.54) is 22.0 Å². The normalized spacial score (nSPS) is 31.1. The Hall–Kier alpha value is -0.410. The topological polar surface area (TPSA) is 38.9 Å². The monoisotopic (exact) mass is 224 g/mol. The summed E-state index contributed by atoms with van der Waals surface area (Å²) in [5.74, 6) is 0.754. The number of thiazole rings is 1. The standard InChI is InChI=1S/C12H20N2S/c1-4-10-9(3)15-11(14-10)12(13)6-5-8(2)7-12/h8H,4-7,13H2,1-3H3. The second-order valence-electron chi connectivity index (χ2n) is 4.88. The molecule has 1 heterocycles. The molecule has 3 heteroatoms. The molecule has 0 aromatic carbocycles. The maximum atomic E-state index is 6.46. The molecule has 2 rings (SSSR count).